The molecule has 3 heterocycles. The molecule has 0 aliphatic carbocycles. The summed E-state index contributed by atoms with van der Waals surface area (Å²) in [5.41, 5.74) is 3.18. The van der Waals surface area contributed by atoms with Crippen molar-refractivity contribution in [3.63, 3.8) is 0 Å². The molecule has 1 aromatic heterocycles. The average Bonchev–Trinajstić information content (AvgIpc) is 3.08. The Morgan fingerprint density at radius 2 is 1.92 bits per heavy atom. The lowest BCUT2D eigenvalue weighted by Gasteiger charge is -2.20. The van der Waals surface area contributed by atoms with E-state index in [2.05, 4.69) is 47.9 Å². The zero-order chi connectivity index (χ0) is 17.7. The molecule has 0 atom stereocenters. The highest BCUT2D eigenvalue weighted by Crippen LogP contribution is 2.38. The van der Waals surface area contributed by atoms with Crippen LogP contribution in [0.15, 0.2) is 30.6 Å². The normalized spacial score (nSPS) is 20.6. The number of hydrogen-bond acceptors (Lipinski definition) is 6. The van der Waals surface area contributed by atoms with Gasteiger partial charge in [-0.3, -0.25) is 5.32 Å². The third-order valence-corrected chi connectivity index (χ3v) is 4.84. The first kappa shape index (κ1) is 16.3. The smallest absolute Gasteiger partial charge is 0.322 e. The van der Waals surface area contributed by atoms with E-state index in [1.165, 1.54) is 5.56 Å². The number of fused-ring (bicyclic) bond motifs is 1. The van der Waals surface area contributed by atoms with E-state index < -0.39 is 0 Å². The van der Waals surface area contributed by atoms with E-state index in [0.717, 1.165) is 30.2 Å². The molecule has 0 radical (unpaired) electrons. The molecule has 0 bridgehead atoms. The molecule has 6 heteroatoms. The van der Waals surface area contributed by atoms with Crippen LogP contribution in [0.3, 0.4) is 0 Å². The molecule has 2 aliphatic rings. The van der Waals surface area contributed by atoms with Gasteiger partial charge in [0.1, 0.15) is 5.75 Å². The summed E-state index contributed by atoms with van der Waals surface area (Å²) in [6.07, 6.45) is 3.62. The van der Waals surface area contributed by atoms with E-state index in [0.29, 0.717) is 12.6 Å². The van der Waals surface area contributed by atoms with E-state index >= 15 is 0 Å². The SMILES string of the molecule is CC1(C)CN(c2cnc(Oc3ccc4c(c3)C(C)(C)OC4)nc2)CN1. The van der Waals surface area contributed by atoms with Crippen LogP contribution >= 0.6 is 0 Å². The molecule has 1 N–H and O–H groups in total. The second-order valence-electron chi connectivity index (χ2n) is 7.86. The van der Waals surface area contributed by atoms with Gasteiger partial charge in [0.05, 0.1) is 37.0 Å². The summed E-state index contributed by atoms with van der Waals surface area (Å²) >= 11 is 0. The molecule has 6 nitrogen and oxygen atoms in total. The largest absolute Gasteiger partial charge is 0.424 e. The number of rotatable bonds is 3. The molecule has 1 aromatic carbocycles. The minimum Gasteiger partial charge on any atom is -0.424 e. The molecule has 0 amide bonds. The van der Waals surface area contributed by atoms with Crippen molar-refractivity contribution in [3.05, 3.63) is 41.7 Å². The summed E-state index contributed by atoms with van der Waals surface area (Å²) in [6.45, 7) is 10.9. The zero-order valence-corrected chi connectivity index (χ0v) is 15.2. The molecule has 2 aliphatic heterocycles. The standard InChI is InChI=1S/C19H24N4O2/c1-18(2)11-23(12-22-18)14-8-20-17(21-9-14)25-15-6-5-13-10-24-19(3,4)16(13)7-15/h5-9,22H,10-12H2,1-4H3. The molecule has 132 valence electrons. The lowest BCUT2D eigenvalue weighted by atomic mass is 9.96. The van der Waals surface area contributed by atoms with Gasteiger partial charge in [0, 0.05) is 12.1 Å². The van der Waals surface area contributed by atoms with Gasteiger partial charge in [0.25, 0.3) is 0 Å². The lowest BCUT2D eigenvalue weighted by Crippen LogP contribution is -2.34. The minimum atomic E-state index is -0.283. The summed E-state index contributed by atoms with van der Waals surface area (Å²) < 4.78 is 11.7. The van der Waals surface area contributed by atoms with E-state index in [-0.39, 0.29) is 11.1 Å². The second-order valence-corrected chi connectivity index (χ2v) is 7.86. The molecule has 1 fully saturated rings. The Morgan fingerprint density at radius 3 is 2.60 bits per heavy atom. The summed E-state index contributed by atoms with van der Waals surface area (Å²) in [4.78, 5) is 10.9. The monoisotopic (exact) mass is 340 g/mol. The Morgan fingerprint density at radius 1 is 1.16 bits per heavy atom. The van der Waals surface area contributed by atoms with Gasteiger partial charge in [0.15, 0.2) is 0 Å². The first-order valence-electron chi connectivity index (χ1n) is 8.60. The quantitative estimate of drug-likeness (QED) is 0.926. The van der Waals surface area contributed by atoms with Crippen LogP contribution in [0.25, 0.3) is 0 Å². The molecule has 2 aromatic rings. The van der Waals surface area contributed by atoms with Crippen molar-refractivity contribution in [2.75, 3.05) is 18.1 Å². The van der Waals surface area contributed by atoms with Crippen LogP contribution in [0.4, 0.5) is 5.69 Å². The van der Waals surface area contributed by atoms with Crippen molar-refractivity contribution in [2.45, 2.75) is 45.4 Å². The highest BCUT2D eigenvalue weighted by Gasteiger charge is 2.31. The second kappa shape index (κ2) is 5.68. The van der Waals surface area contributed by atoms with Crippen molar-refractivity contribution in [3.8, 4) is 11.8 Å². The number of hydrogen-bond donors (Lipinski definition) is 1. The van der Waals surface area contributed by atoms with Gasteiger partial charge in [-0.1, -0.05) is 6.07 Å². The van der Waals surface area contributed by atoms with Crippen molar-refractivity contribution in [2.24, 2.45) is 0 Å². The van der Waals surface area contributed by atoms with E-state index in [9.17, 15) is 0 Å². The number of aromatic nitrogens is 2. The Labute approximate surface area is 148 Å². The number of ether oxygens (including phenoxy) is 2. The minimum absolute atomic E-state index is 0.106. The van der Waals surface area contributed by atoms with Gasteiger partial charge in [-0.15, -0.1) is 0 Å². The number of nitrogens with zero attached hydrogens (tertiary/aromatic N) is 3. The molecule has 4 rings (SSSR count). The average molecular weight is 340 g/mol. The molecule has 25 heavy (non-hydrogen) atoms. The van der Waals surface area contributed by atoms with Crippen molar-refractivity contribution in [1.82, 2.24) is 15.3 Å². The maximum Gasteiger partial charge on any atom is 0.322 e. The van der Waals surface area contributed by atoms with Crippen LogP contribution in [-0.2, 0) is 16.9 Å². The predicted molar refractivity (Wildman–Crippen MR) is 95.8 cm³/mol. The highest BCUT2D eigenvalue weighted by atomic mass is 16.5. The van der Waals surface area contributed by atoms with Crippen LogP contribution in [0.1, 0.15) is 38.8 Å². The fraction of sp³-hybridized carbons (Fsp3) is 0.474. The zero-order valence-electron chi connectivity index (χ0n) is 15.2. The van der Waals surface area contributed by atoms with Crippen LogP contribution in [0.2, 0.25) is 0 Å². The summed E-state index contributed by atoms with van der Waals surface area (Å²) in [5, 5.41) is 3.46. The predicted octanol–water partition coefficient (Wildman–Crippen LogP) is 3.18. The molecular formula is C19H24N4O2. The summed E-state index contributed by atoms with van der Waals surface area (Å²) in [6, 6.07) is 6.36. The van der Waals surface area contributed by atoms with Crippen LogP contribution in [-0.4, -0.2) is 28.7 Å². The van der Waals surface area contributed by atoms with Gasteiger partial charge in [-0.05, 0) is 51.0 Å². The Kier molecular flexibility index (Phi) is 3.70. The van der Waals surface area contributed by atoms with E-state index in [1.807, 2.05) is 30.6 Å². The van der Waals surface area contributed by atoms with Crippen LogP contribution in [0.5, 0.6) is 11.8 Å². The lowest BCUT2D eigenvalue weighted by molar-refractivity contribution is -0.00794. The van der Waals surface area contributed by atoms with Crippen molar-refractivity contribution >= 4 is 5.69 Å². The Hall–Kier alpha value is -2.18. The Balaban J connectivity index is 1.49. The first-order valence-corrected chi connectivity index (χ1v) is 8.60. The molecule has 0 saturated carbocycles. The maximum atomic E-state index is 5.84. The van der Waals surface area contributed by atoms with Crippen molar-refractivity contribution < 1.29 is 9.47 Å². The third kappa shape index (κ3) is 3.19. The van der Waals surface area contributed by atoms with Gasteiger partial charge in [-0.2, -0.15) is 0 Å². The molecule has 0 spiro atoms. The summed E-state index contributed by atoms with van der Waals surface area (Å²) in [5.74, 6) is 0.731. The van der Waals surface area contributed by atoms with Crippen LogP contribution in [0, 0.1) is 0 Å². The van der Waals surface area contributed by atoms with Gasteiger partial charge in [0.2, 0.25) is 0 Å². The van der Waals surface area contributed by atoms with Crippen LogP contribution < -0.4 is 15.0 Å². The maximum absolute atomic E-state index is 5.84. The van der Waals surface area contributed by atoms with Gasteiger partial charge >= 0.3 is 6.01 Å². The van der Waals surface area contributed by atoms with Crippen molar-refractivity contribution in [1.29, 1.82) is 0 Å². The van der Waals surface area contributed by atoms with Gasteiger partial charge in [-0.25, -0.2) is 9.97 Å². The summed E-state index contributed by atoms with van der Waals surface area (Å²) in [7, 11) is 0. The topological polar surface area (TPSA) is 59.5 Å². The van der Waals surface area contributed by atoms with E-state index in [1.54, 1.807) is 0 Å². The van der Waals surface area contributed by atoms with E-state index in [4.69, 9.17) is 9.47 Å². The first-order chi connectivity index (χ1) is 11.8. The highest BCUT2D eigenvalue weighted by molar-refractivity contribution is 5.45. The molecule has 1 saturated heterocycles. The number of anilines is 1. The fourth-order valence-corrected chi connectivity index (χ4v) is 3.35. The Bertz CT molecular complexity index is 787. The third-order valence-electron chi connectivity index (χ3n) is 4.84. The number of benzene rings is 1. The number of nitrogens with one attached hydrogen (secondary N) is 1. The molecular weight excluding hydrogens is 316 g/mol. The van der Waals surface area contributed by atoms with Gasteiger partial charge < -0.3 is 14.4 Å². The fourth-order valence-electron chi connectivity index (χ4n) is 3.35. The molecule has 0 unspecified atom stereocenters.